The van der Waals surface area contributed by atoms with Gasteiger partial charge in [-0.1, -0.05) is 29.8 Å². The summed E-state index contributed by atoms with van der Waals surface area (Å²) in [5.74, 6) is 0.347. The third-order valence-corrected chi connectivity index (χ3v) is 3.02. The molecule has 0 saturated heterocycles. The highest BCUT2D eigenvalue weighted by Gasteiger charge is 2.05. The van der Waals surface area contributed by atoms with E-state index in [9.17, 15) is 4.39 Å². The number of pyridine rings is 1. The van der Waals surface area contributed by atoms with Gasteiger partial charge in [-0.2, -0.15) is 0 Å². The Labute approximate surface area is 114 Å². The fourth-order valence-corrected chi connectivity index (χ4v) is 1.87. The molecular formula is C13H10Cl2FNO. The van der Waals surface area contributed by atoms with Crippen LogP contribution in [0.15, 0.2) is 36.5 Å². The van der Waals surface area contributed by atoms with Crippen LogP contribution in [-0.2, 0) is 12.5 Å². The topological polar surface area (TPSA) is 22.1 Å². The predicted octanol–water partition coefficient (Wildman–Crippen LogP) is 4.19. The van der Waals surface area contributed by atoms with E-state index in [0.29, 0.717) is 16.5 Å². The molecule has 1 aromatic carbocycles. The Morgan fingerprint density at radius 2 is 2.00 bits per heavy atom. The van der Waals surface area contributed by atoms with Crippen LogP contribution in [0.2, 0.25) is 5.02 Å². The number of benzene rings is 1. The molecule has 0 spiro atoms. The summed E-state index contributed by atoms with van der Waals surface area (Å²) in [6, 6.07) is 8.08. The maximum atomic E-state index is 13.4. The summed E-state index contributed by atoms with van der Waals surface area (Å²) in [6.45, 7) is 0.114. The van der Waals surface area contributed by atoms with Gasteiger partial charge in [0.1, 0.15) is 12.4 Å². The van der Waals surface area contributed by atoms with Crippen LogP contribution in [-0.4, -0.2) is 4.98 Å². The van der Waals surface area contributed by atoms with Gasteiger partial charge in [-0.3, -0.25) is 0 Å². The zero-order chi connectivity index (χ0) is 13.0. The quantitative estimate of drug-likeness (QED) is 0.786. The third kappa shape index (κ3) is 3.12. The molecule has 94 valence electrons. The second kappa shape index (κ2) is 6.03. The lowest BCUT2D eigenvalue weighted by Gasteiger charge is -2.07. The van der Waals surface area contributed by atoms with Gasteiger partial charge in [0.15, 0.2) is 0 Å². The second-order valence-electron chi connectivity index (χ2n) is 3.63. The van der Waals surface area contributed by atoms with Gasteiger partial charge in [0, 0.05) is 23.7 Å². The lowest BCUT2D eigenvalue weighted by atomic mass is 10.2. The molecule has 0 atom stereocenters. The molecule has 5 heteroatoms. The van der Waals surface area contributed by atoms with Crippen LogP contribution in [0.4, 0.5) is 4.39 Å². The van der Waals surface area contributed by atoms with Crippen LogP contribution in [0.3, 0.4) is 0 Å². The Kier molecular flexibility index (Phi) is 4.39. The number of halogens is 3. The monoisotopic (exact) mass is 285 g/mol. The summed E-state index contributed by atoms with van der Waals surface area (Å²) in [6.07, 6.45) is 1.47. The summed E-state index contributed by atoms with van der Waals surface area (Å²) in [4.78, 5) is 4.00. The molecule has 0 amide bonds. The highest BCUT2D eigenvalue weighted by Crippen LogP contribution is 2.21. The van der Waals surface area contributed by atoms with Gasteiger partial charge in [-0.25, -0.2) is 9.37 Å². The molecule has 0 aliphatic heterocycles. The molecule has 1 aromatic heterocycles. The van der Waals surface area contributed by atoms with Crippen molar-refractivity contribution < 1.29 is 9.13 Å². The number of aromatic nitrogens is 1. The van der Waals surface area contributed by atoms with E-state index < -0.39 is 0 Å². The van der Waals surface area contributed by atoms with Crippen LogP contribution < -0.4 is 4.74 Å². The maximum absolute atomic E-state index is 13.4. The van der Waals surface area contributed by atoms with Crippen molar-refractivity contribution in [2.24, 2.45) is 0 Å². The average Bonchev–Trinajstić information content (AvgIpc) is 2.39. The minimum absolute atomic E-state index is 0.114. The average molecular weight is 286 g/mol. The van der Waals surface area contributed by atoms with Crippen molar-refractivity contribution in [3.63, 3.8) is 0 Å². The Morgan fingerprint density at radius 1 is 1.22 bits per heavy atom. The van der Waals surface area contributed by atoms with Gasteiger partial charge in [0.2, 0.25) is 5.88 Å². The van der Waals surface area contributed by atoms with E-state index in [0.717, 1.165) is 5.56 Å². The number of rotatable bonds is 4. The third-order valence-electron chi connectivity index (χ3n) is 2.39. The molecule has 0 saturated carbocycles. The van der Waals surface area contributed by atoms with Gasteiger partial charge >= 0.3 is 0 Å². The zero-order valence-electron chi connectivity index (χ0n) is 9.37. The summed E-state index contributed by atoms with van der Waals surface area (Å²) in [7, 11) is 0. The van der Waals surface area contributed by atoms with Crippen LogP contribution in [0.1, 0.15) is 11.1 Å². The predicted molar refractivity (Wildman–Crippen MR) is 69.5 cm³/mol. The number of alkyl halides is 1. The van der Waals surface area contributed by atoms with Crippen LogP contribution >= 0.6 is 23.2 Å². The highest BCUT2D eigenvalue weighted by atomic mass is 35.5. The molecule has 0 aliphatic rings. The van der Waals surface area contributed by atoms with Crippen molar-refractivity contribution in [2.45, 2.75) is 12.5 Å². The van der Waals surface area contributed by atoms with Crippen molar-refractivity contribution in [3.05, 3.63) is 58.5 Å². The Balaban J connectivity index is 2.09. The lowest BCUT2D eigenvalue weighted by Crippen LogP contribution is -2.00. The molecule has 0 N–H and O–H groups in total. The molecule has 18 heavy (non-hydrogen) atoms. The molecule has 0 unspecified atom stereocenters. The summed E-state index contributed by atoms with van der Waals surface area (Å²) < 4.78 is 18.8. The van der Waals surface area contributed by atoms with Gasteiger partial charge in [-0.05, 0) is 11.6 Å². The van der Waals surface area contributed by atoms with Gasteiger partial charge in [0.25, 0.3) is 0 Å². The van der Waals surface area contributed by atoms with E-state index in [-0.39, 0.29) is 18.3 Å². The van der Waals surface area contributed by atoms with Crippen molar-refractivity contribution in [1.29, 1.82) is 0 Å². The second-order valence-corrected chi connectivity index (χ2v) is 4.30. The number of hydrogen-bond acceptors (Lipinski definition) is 2. The minimum atomic E-state index is -0.302. The fourth-order valence-electron chi connectivity index (χ4n) is 1.41. The van der Waals surface area contributed by atoms with E-state index >= 15 is 0 Å². The molecule has 0 fully saturated rings. The van der Waals surface area contributed by atoms with Crippen LogP contribution in [0.25, 0.3) is 0 Å². The number of hydrogen-bond donors (Lipinski definition) is 0. The SMILES string of the molecule is Fc1ccccc1COc1cc(CCl)c(Cl)cn1. The van der Waals surface area contributed by atoms with E-state index in [1.54, 1.807) is 24.3 Å². The molecule has 2 rings (SSSR count). The van der Waals surface area contributed by atoms with Crippen molar-refractivity contribution in [1.82, 2.24) is 4.98 Å². The summed E-state index contributed by atoms with van der Waals surface area (Å²) >= 11 is 11.6. The normalized spacial score (nSPS) is 10.4. The molecule has 1 heterocycles. The zero-order valence-corrected chi connectivity index (χ0v) is 10.9. The summed E-state index contributed by atoms with van der Waals surface area (Å²) in [5, 5.41) is 0.489. The van der Waals surface area contributed by atoms with Gasteiger partial charge in [-0.15, -0.1) is 11.6 Å². The first-order chi connectivity index (χ1) is 8.70. The van der Waals surface area contributed by atoms with Gasteiger partial charge < -0.3 is 4.74 Å². The number of nitrogens with zero attached hydrogens (tertiary/aromatic N) is 1. The molecule has 0 radical (unpaired) electrons. The van der Waals surface area contributed by atoms with Crippen LogP contribution in [0, 0.1) is 5.82 Å². The molecule has 2 nitrogen and oxygen atoms in total. The first-order valence-corrected chi connectivity index (χ1v) is 6.18. The first kappa shape index (κ1) is 13.1. The van der Waals surface area contributed by atoms with Gasteiger partial charge in [0.05, 0.1) is 5.02 Å². The van der Waals surface area contributed by atoms with E-state index in [1.807, 2.05) is 0 Å². The maximum Gasteiger partial charge on any atom is 0.213 e. The fraction of sp³-hybridized carbons (Fsp3) is 0.154. The van der Waals surface area contributed by atoms with E-state index in [4.69, 9.17) is 27.9 Å². The summed E-state index contributed by atoms with van der Waals surface area (Å²) in [5.41, 5.74) is 1.21. The Hall–Kier alpha value is -1.32. The van der Waals surface area contributed by atoms with Crippen LogP contribution in [0.5, 0.6) is 5.88 Å². The highest BCUT2D eigenvalue weighted by molar-refractivity contribution is 6.32. The standard InChI is InChI=1S/C13H10Cl2FNO/c14-6-10-5-13(17-7-11(10)15)18-8-9-3-1-2-4-12(9)16/h1-5,7H,6,8H2. The molecule has 0 bridgehead atoms. The minimum Gasteiger partial charge on any atom is -0.473 e. The molecule has 0 aliphatic carbocycles. The largest absolute Gasteiger partial charge is 0.473 e. The first-order valence-electron chi connectivity index (χ1n) is 5.27. The van der Waals surface area contributed by atoms with E-state index in [2.05, 4.69) is 4.98 Å². The Bertz CT molecular complexity index is 548. The van der Waals surface area contributed by atoms with Crippen molar-refractivity contribution in [2.75, 3.05) is 0 Å². The number of ether oxygens (including phenoxy) is 1. The van der Waals surface area contributed by atoms with E-state index in [1.165, 1.54) is 12.3 Å². The van der Waals surface area contributed by atoms with Crippen molar-refractivity contribution in [3.8, 4) is 5.88 Å². The van der Waals surface area contributed by atoms with Crippen molar-refractivity contribution >= 4 is 23.2 Å². The molecule has 2 aromatic rings. The molecular weight excluding hydrogens is 276 g/mol. The lowest BCUT2D eigenvalue weighted by molar-refractivity contribution is 0.288. The Morgan fingerprint density at radius 3 is 2.72 bits per heavy atom. The smallest absolute Gasteiger partial charge is 0.213 e.